The van der Waals surface area contributed by atoms with Gasteiger partial charge in [-0.1, -0.05) is 0 Å². The molecular weight excluding hydrogens is 294 g/mol. The van der Waals surface area contributed by atoms with Crippen LogP contribution in [0.5, 0.6) is 0 Å². The molecule has 0 saturated heterocycles. The number of carboxylic acids is 1. The Hall–Kier alpha value is -1.34. The first-order valence-corrected chi connectivity index (χ1v) is 5.60. The topological polar surface area (TPSA) is 88.8 Å². The normalized spacial score (nSPS) is 12.1. The highest BCUT2D eigenvalue weighted by molar-refractivity contribution is 9.10. The number of hydrogen-bond donors (Lipinski definition) is 2. The zero-order chi connectivity index (χ0) is 12.8. The number of methoxy groups -OCH3 is 1. The van der Waals surface area contributed by atoms with Crippen LogP contribution in [0.15, 0.2) is 21.4 Å². The third-order valence-electron chi connectivity index (χ3n) is 2.04. The van der Waals surface area contributed by atoms with Gasteiger partial charge in [0.05, 0.1) is 5.56 Å². The lowest BCUT2D eigenvalue weighted by Crippen LogP contribution is -2.41. The van der Waals surface area contributed by atoms with Gasteiger partial charge in [-0.15, -0.1) is 0 Å². The third-order valence-corrected chi connectivity index (χ3v) is 2.46. The molecule has 1 atom stereocenters. The number of hydrogen-bond acceptors (Lipinski definition) is 4. The molecule has 6 nitrogen and oxygen atoms in total. The number of amides is 1. The molecule has 0 spiro atoms. The maximum Gasteiger partial charge on any atom is 0.326 e. The number of carboxylic acid groups (broad SMARTS) is 1. The Kier molecular flexibility index (Phi) is 5.17. The van der Waals surface area contributed by atoms with Crippen LogP contribution in [-0.2, 0) is 9.53 Å². The van der Waals surface area contributed by atoms with E-state index in [0.717, 1.165) is 0 Å². The van der Waals surface area contributed by atoms with Crippen molar-refractivity contribution < 1.29 is 23.8 Å². The Morgan fingerprint density at radius 2 is 2.35 bits per heavy atom. The first kappa shape index (κ1) is 13.7. The minimum Gasteiger partial charge on any atom is -0.480 e. The molecular formula is C10H12BrNO5. The fourth-order valence-electron chi connectivity index (χ4n) is 1.16. The highest BCUT2D eigenvalue weighted by atomic mass is 79.9. The van der Waals surface area contributed by atoms with Crippen molar-refractivity contribution >= 4 is 27.8 Å². The summed E-state index contributed by atoms with van der Waals surface area (Å²) in [5.41, 5.74) is 0.264. The highest BCUT2D eigenvalue weighted by Crippen LogP contribution is 2.14. The summed E-state index contributed by atoms with van der Waals surface area (Å²) >= 11 is 3.05. The number of nitrogens with one attached hydrogen (secondary N) is 1. The molecule has 2 N–H and O–H groups in total. The second kappa shape index (κ2) is 6.41. The van der Waals surface area contributed by atoms with Crippen LogP contribution >= 0.6 is 15.9 Å². The van der Waals surface area contributed by atoms with Crippen molar-refractivity contribution in [2.75, 3.05) is 13.7 Å². The zero-order valence-corrected chi connectivity index (χ0v) is 10.7. The van der Waals surface area contributed by atoms with Gasteiger partial charge in [0.1, 0.15) is 12.3 Å². The second-order valence-corrected chi connectivity index (χ2v) is 4.07. The van der Waals surface area contributed by atoms with E-state index in [4.69, 9.17) is 14.3 Å². The zero-order valence-electron chi connectivity index (χ0n) is 9.10. The average molecular weight is 306 g/mol. The Morgan fingerprint density at radius 1 is 1.65 bits per heavy atom. The van der Waals surface area contributed by atoms with Gasteiger partial charge in [0, 0.05) is 26.2 Å². The first-order chi connectivity index (χ1) is 8.04. The van der Waals surface area contributed by atoms with Crippen molar-refractivity contribution in [2.24, 2.45) is 0 Å². The SMILES string of the molecule is COCCC(NC(=O)c1coc(Br)c1)C(=O)O. The summed E-state index contributed by atoms with van der Waals surface area (Å²) in [6.07, 6.45) is 1.45. The maximum absolute atomic E-state index is 11.6. The molecule has 0 aliphatic heterocycles. The van der Waals surface area contributed by atoms with E-state index in [-0.39, 0.29) is 18.6 Å². The summed E-state index contributed by atoms with van der Waals surface area (Å²) < 4.78 is 10.1. The maximum atomic E-state index is 11.6. The molecule has 7 heteroatoms. The van der Waals surface area contributed by atoms with Gasteiger partial charge in [-0.3, -0.25) is 4.79 Å². The molecule has 1 unspecified atom stereocenters. The minimum absolute atomic E-state index is 0.205. The smallest absolute Gasteiger partial charge is 0.326 e. The van der Waals surface area contributed by atoms with Gasteiger partial charge in [-0.25, -0.2) is 4.79 Å². The van der Waals surface area contributed by atoms with Crippen LogP contribution in [-0.4, -0.2) is 36.7 Å². The van der Waals surface area contributed by atoms with Crippen LogP contribution in [0.4, 0.5) is 0 Å². The predicted octanol–water partition coefficient (Wildman–Crippen LogP) is 1.26. The van der Waals surface area contributed by atoms with E-state index in [1.165, 1.54) is 19.4 Å². The van der Waals surface area contributed by atoms with Gasteiger partial charge in [0.25, 0.3) is 5.91 Å². The molecule has 0 radical (unpaired) electrons. The molecule has 0 aliphatic rings. The monoisotopic (exact) mass is 305 g/mol. The van der Waals surface area contributed by atoms with E-state index in [0.29, 0.717) is 4.67 Å². The number of halogens is 1. The van der Waals surface area contributed by atoms with E-state index in [2.05, 4.69) is 21.2 Å². The van der Waals surface area contributed by atoms with Crippen molar-refractivity contribution in [3.63, 3.8) is 0 Å². The summed E-state index contributed by atoms with van der Waals surface area (Å²) in [6.45, 7) is 0.256. The van der Waals surface area contributed by atoms with Crippen LogP contribution in [0, 0.1) is 0 Å². The lowest BCUT2D eigenvalue weighted by atomic mass is 10.2. The lowest BCUT2D eigenvalue weighted by molar-refractivity contribution is -0.139. The van der Waals surface area contributed by atoms with E-state index in [9.17, 15) is 9.59 Å². The molecule has 1 heterocycles. The van der Waals surface area contributed by atoms with Gasteiger partial charge in [0.15, 0.2) is 4.67 Å². The van der Waals surface area contributed by atoms with E-state index in [1.807, 2.05) is 0 Å². The van der Waals surface area contributed by atoms with Gasteiger partial charge in [-0.05, 0) is 15.9 Å². The van der Waals surface area contributed by atoms with Gasteiger partial charge in [-0.2, -0.15) is 0 Å². The van der Waals surface area contributed by atoms with Crippen LogP contribution in [0.25, 0.3) is 0 Å². The summed E-state index contributed by atoms with van der Waals surface area (Å²) in [5.74, 6) is -1.60. The van der Waals surface area contributed by atoms with Crippen LogP contribution < -0.4 is 5.32 Å². The lowest BCUT2D eigenvalue weighted by Gasteiger charge is -2.12. The largest absolute Gasteiger partial charge is 0.480 e. The van der Waals surface area contributed by atoms with Crippen LogP contribution in [0.1, 0.15) is 16.8 Å². The number of carbonyl (C=O) groups is 2. The number of furan rings is 1. The van der Waals surface area contributed by atoms with E-state index < -0.39 is 17.9 Å². The highest BCUT2D eigenvalue weighted by Gasteiger charge is 2.21. The molecule has 0 aliphatic carbocycles. The standard InChI is InChI=1S/C10H12BrNO5/c1-16-3-2-7(10(14)15)12-9(13)6-4-8(11)17-5-6/h4-5,7H,2-3H2,1H3,(H,12,13)(H,14,15). The number of carbonyl (C=O) groups excluding carboxylic acids is 1. The number of ether oxygens (including phenoxy) is 1. The number of aliphatic carboxylic acids is 1. The van der Waals surface area contributed by atoms with Gasteiger partial charge < -0.3 is 19.6 Å². The van der Waals surface area contributed by atoms with Crippen molar-refractivity contribution in [3.05, 3.63) is 22.6 Å². The summed E-state index contributed by atoms with van der Waals surface area (Å²) in [6, 6.07) is 0.487. The van der Waals surface area contributed by atoms with Crippen LogP contribution in [0.3, 0.4) is 0 Å². The minimum atomic E-state index is -1.10. The third kappa shape index (κ3) is 4.20. The second-order valence-electron chi connectivity index (χ2n) is 3.29. The average Bonchev–Trinajstić information content (AvgIpc) is 2.70. The Balaban J connectivity index is 2.60. The van der Waals surface area contributed by atoms with E-state index >= 15 is 0 Å². The number of rotatable bonds is 6. The van der Waals surface area contributed by atoms with Crippen molar-refractivity contribution in [1.82, 2.24) is 5.32 Å². The van der Waals surface area contributed by atoms with Gasteiger partial charge in [0.2, 0.25) is 0 Å². The molecule has 1 aromatic heterocycles. The van der Waals surface area contributed by atoms with Gasteiger partial charge >= 0.3 is 5.97 Å². The molecule has 0 fully saturated rings. The van der Waals surface area contributed by atoms with Crippen molar-refractivity contribution in [2.45, 2.75) is 12.5 Å². The molecule has 1 rings (SSSR count). The Morgan fingerprint density at radius 3 is 2.82 bits per heavy atom. The fraction of sp³-hybridized carbons (Fsp3) is 0.400. The van der Waals surface area contributed by atoms with Crippen molar-refractivity contribution in [3.8, 4) is 0 Å². The predicted molar refractivity (Wildman–Crippen MR) is 61.8 cm³/mol. The molecule has 0 aromatic carbocycles. The first-order valence-electron chi connectivity index (χ1n) is 4.81. The summed E-state index contributed by atoms with van der Waals surface area (Å²) in [4.78, 5) is 22.5. The Labute approximate surface area is 106 Å². The molecule has 0 bridgehead atoms. The molecule has 1 amide bonds. The Bertz CT molecular complexity index is 403. The van der Waals surface area contributed by atoms with Crippen LogP contribution in [0.2, 0.25) is 0 Å². The van der Waals surface area contributed by atoms with Crippen molar-refractivity contribution in [1.29, 1.82) is 0 Å². The summed E-state index contributed by atoms with van der Waals surface area (Å²) in [7, 11) is 1.47. The molecule has 94 valence electrons. The fourth-order valence-corrected chi connectivity index (χ4v) is 1.50. The molecule has 0 saturated carbocycles. The quantitative estimate of drug-likeness (QED) is 0.826. The summed E-state index contributed by atoms with van der Waals surface area (Å²) in [5, 5.41) is 11.3. The van der Waals surface area contributed by atoms with E-state index in [1.54, 1.807) is 0 Å². The molecule has 1 aromatic rings. The molecule has 17 heavy (non-hydrogen) atoms.